The standard InChI is InChI=1S/C12H18N6/c1-6(2)9-10(13)15-12(16-11(9)14)18-8(4)5-7(3)17-18/h5-6H,1-4H3,(H4,13,14,15,16). The van der Waals surface area contributed by atoms with Crippen LogP contribution in [0.2, 0.25) is 0 Å². The van der Waals surface area contributed by atoms with Gasteiger partial charge in [-0.25, -0.2) is 4.68 Å². The van der Waals surface area contributed by atoms with Gasteiger partial charge >= 0.3 is 0 Å². The van der Waals surface area contributed by atoms with Crippen molar-refractivity contribution in [1.82, 2.24) is 19.7 Å². The van der Waals surface area contributed by atoms with Gasteiger partial charge < -0.3 is 11.5 Å². The number of rotatable bonds is 2. The number of nitrogens with two attached hydrogens (primary N) is 2. The lowest BCUT2D eigenvalue weighted by atomic mass is 10.1. The molecule has 4 N–H and O–H groups in total. The molecule has 0 aliphatic rings. The Bertz CT molecular complexity index is 561. The average molecular weight is 246 g/mol. The van der Waals surface area contributed by atoms with E-state index in [0.717, 1.165) is 17.0 Å². The number of nitrogens with zero attached hydrogens (tertiary/aromatic N) is 4. The maximum atomic E-state index is 5.95. The molecular weight excluding hydrogens is 228 g/mol. The maximum Gasteiger partial charge on any atom is 0.254 e. The SMILES string of the molecule is Cc1cc(C)n(-c2nc(N)c(C(C)C)c(N)n2)n1. The van der Waals surface area contributed by atoms with E-state index in [1.165, 1.54) is 0 Å². The zero-order valence-corrected chi connectivity index (χ0v) is 11.1. The quantitative estimate of drug-likeness (QED) is 0.838. The Morgan fingerprint density at radius 2 is 1.67 bits per heavy atom. The minimum Gasteiger partial charge on any atom is -0.383 e. The summed E-state index contributed by atoms with van der Waals surface area (Å²) >= 11 is 0. The molecule has 6 heteroatoms. The monoisotopic (exact) mass is 246 g/mol. The Balaban J connectivity index is 2.58. The zero-order chi connectivity index (χ0) is 13.4. The topological polar surface area (TPSA) is 95.6 Å². The van der Waals surface area contributed by atoms with Gasteiger partial charge in [0.25, 0.3) is 5.95 Å². The Morgan fingerprint density at radius 1 is 1.11 bits per heavy atom. The summed E-state index contributed by atoms with van der Waals surface area (Å²) in [5.74, 6) is 1.44. The van der Waals surface area contributed by atoms with E-state index in [2.05, 4.69) is 15.1 Å². The molecule has 0 saturated heterocycles. The van der Waals surface area contributed by atoms with Gasteiger partial charge in [0.1, 0.15) is 11.6 Å². The van der Waals surface area contributed by atoms with Crippen LogP contribution in [0.1, 0.15) is 36.7 Å². The molecule has 0 saturated carbocycles. The predicted octanol–water partition coefficient (Wildman–Crippen LogP) is 1.57. The molecule has 0 atom stereocenters. The molecule has 0 amide bonds. The fourth-order valence-corrected chi connectivity index (χ4v) is 2.01. The zero-order valence-electron chi connectivity index (χ0n) is 11.1. The van der Waals surface area contributed by atoms with E-state index in [4.69, 9.17) is 11.5 Å². The molecule has 6 nitrogen and oxygen atoms in total. The molecule has 0 unspecified atom stereocenters. The van der Waals surface area contributed by atoms with Crippen LogP contribution >= 0.6 is 0 Å². The molecule has 2 heterocycles. The van der Waals surface area contributed by atoms with E-state index in [-0.39, 0.29) is 5.92 Å². The van der Waals surface area contributed by atoms with E-state index in [1.54, 1.807) is 4.68 Å². The van der Waals surface area contributed by atoms with Crippen LogP contribution in [0.25, 0.3) is 5.95 Å². The minimum absolute atomic E-state index is 0.194. The van der Waals surface area contributed by atoms with Crippen molar-refractivity contribution in [2.75, 3.05) is 11.5 Å². The lowest BCUT2D eigenvalue weighted by molar-refractivity contribution is 0.766. The van der Waals surface area contributed by atoms with Gasteiger partial charge in [0.15, 0.2) is 0 Å². The predicted molar refractivity (Wildman–Crippen MR) is 71.5 cm³/mol. The fraction of sp³-hybridized carbons (Fsp3) is 0.417. The second-order valence-electron chi connectivity index (χ2n) is 4.70. The maximum absolute atomic E-state index is 5.95. The first-order valence-electron chi connectivity index (χ1n) is 5.86. The molecule has 0 bridgehead atoms. The number of anilines is 2. The summed E-state index contributed by atoms with van der Waals surface area (Å²) in [4.78, 5) is 8.57. The van der Waals surface area contributed by atoms with Crippen molar-refractivity contribution in [3.8, 4) is 5.95 Å². The summed E-state index contributed by atoms with van der Waals surface area (Å²) in [6.07, 6.45) is 0. The van der Waals surface area contributed by atoms with Crippen molar-refractivity contribution in [3.63, 3.8) is 0 Å². The van der Waals surface area contributed by atoms with Gasteiger partial charge in [-0.2, -0.15) is 15.1 Å². The third-order valence-corrected chi connectivity index (χ3v) is 2.77. The summed E-state index contributed by atoms with van der Waals surface area (Å²) in [5, 5.41) is 4.32. The van der Waals surface area contributed by atoms with Crippen molar-refractivity contribution in [2.24, 2.45) is 0 Å². The van der Waals surface area contributed by atoms with Crippen molar-refractivity contribution in [2.45, 2.75) is 33.6 Å². The molecule has 2 rings (SSSR count). The highest BCUT2D eigenvalue weighted by Gasteiger charge is 2.15. The van der Waals surface area contributed by atoms with Crippen molar-refractivity contribution in [3.05, 3.63) is 23.0 Å². The van der Waals surface area contributed by atoms with Gasteiger partial charge in [0, 0.05) is 11.3 Å². The first kappa shape index (κ1) is 12.3. The largest absolute Gasteiger partial charge is 0.383 e. The molecule has 2 aromatic heterocycles. The van der Waals surface area contributed by atoms with E-state index < -0.39 is 0 Å². The summed E-state index contributed by atoms with van der Waals surface area (Å²) in [5.41, 5.74) is 14.5. The van der Waals surface area contributed by atoms with E-state index in [9.17, 15) is 0 Å². The second kappa shape index (κ2) is 4.29. The summed E-state index contributed by atoms with van der Waals surface area (Å²) < 4.78 is 1.64. The Morgan fingerprint density at radius 3 is 2.06 bits per heavy atom. The second-order valence-corrected chi connectivity index (χ2v) is 4.70. The third-order valence-electron chi connectivity index (χ3n) is 2.77. The number of aryl methyl sites for hydroxylation is 2. The van der Waals surface area contributed by atoms with Crippen LogP contribution in [-0.2, 0) is 0 Å². The number of hydrogen-bond acceptors (Lipinski definition) is 5. The van der Waals surface area contributed by atoms with E-state index >= 15 is 0 Å². The van der Waals surface area contributed by atoms with E-state index in [0.29, 0.717) is 17.6 Å². The molecular formula is C12H18N6. The number of hydrogen-bond donors (Lipinski definition) is 2. The molecule has 18 heavy (non-hydrogen) atoms. The summed E-state index contributed by atoms with van der Waals surface area (Å²) in [6.45, 7) is 7.87. The van der Waals surface area contributed by atoms with Crippen LogP contribution in [0.4, 0.5) is 11.6 Å². The van der Waals surface area contributed by atoms with Gasteiger partial charge in [-0.1, -0.05) is 13.8 Å². The lowest BCUT2D eigenvalue weighted by Gasteiger charge is -2.13. The number of nitrogen functional groups attached to an aromatic ring is 2. The minimum atomic E-state index is 0.194. The van der Waals surface area contributed by atoms with Gasteiger partial charge in [0.2, 0.25) is 0 Å². The molecule has 96 valence electrons. The molecule has 0 radical (unpaired) electrons. The highest BCUT2D eigenvalue weighted by Crippen LogP contribution is 2.26. The molecule has 0 spiro atoms. The Kier molecular flexibility index (Phi) is 2.94. The Labute approximate surface area is 106 Å². The van der Waals surface area contributed by atoms with Gasteiger partial charge in [-0.15, -0.1) is 0 Å². The fourth-order valence-electron chi connectivity index (χ4n) is 2.01. The van der Waals surface area contributed by atoms with Crippen LogP contribution in [0.15, 0.2) is 6.07 Å². The summed E-state index contributed by atoms with van der Waals surface area (Å²) in [6, 6.07) is 1.95. The molecule has 0 aliphatic carbocycles. The Hall–Kier alpha value is -2.11. The van der Waals surface area contributed by atoms with Crippen LogP contribution in [-0.4, -0.2) is 19.7 Å². The van der Waals surface area contributed by atoms with E-state index in [1.807, 2.05) is 33.8 Å². The normalized spacial score (nSPS) is 11.2. The van der Waals surface area contributed by atoms with Crippen molar-refractivity contribution < 1.29 is 0 Å². The van der Waals surface area contributed by atoms with Crippen LogP contribution in [0, 0.1) is 13.8 Å². The molecule has 0 aromatic carbocycles. The lowest BCUT2D eigenvalue weighted by Crippen LogP contribution is -2.13. The highest BCUT2D eigenvalue weighted by atomic mass is 15.4. The highest BCUT2D eigenvalue weighted by molar-refractivity contribution is 5.56. The molecule has 2 aromatic rings. The molecule has 0 fully saturated rings. The van der Waals surface area contributed by atoms with Crippen LogP contribution in [0.5, 0.6) is 0 Å². The van der Waals surface area contributed by atoms with Crippen molar-refractivity contribution in [1.29, 1.82) is 0 Å². The van der Waals surface area contributed by atoms with Crippen LogP contribution in [0.3, 0.4) is 0 Å². The summed E-state index contributed by atoms with van der Waals surface area (Å²) in [7, 11) is 0. The van der Waals surface area contributed by atoms with Gasteiger partial charge in [0.05, 0.1) is 5.69 Å². The third kappa shape index (κ3) is 2.01. The smallest absolute Gasteiger partial charge is 0.254 e. The average Bonchev–Trinajstić information content (AvgIpc) is 2.56. The molecule has 0 aliphatic heterocycles. The van der Waals surface area contributed by atoms with Gasteiger partial charge in [-0.05, 0) is 25.8 Å². The van der Waals surface area contributed by atoms with Gasteiger partial charge in [-0.3, -0.25) is 0 Å². The van der Waals surface area contributed by atoms with Crippen LogP contribution < -0.4 is 11.5 Å². The van der Waals surface area contributed by atoms with Crippen molar-refractivity contribution >= 4 is 11.6 Å². The number of aromatic nitrogens is 4. The first-order chi connectivity index (χ1) is 8.40. The first-order valence-corrected chi connectivity index (χ1v) is 5.86.